The summed E-state index contributed by atoms with van der Waals surface area (Å²) in [5.74, 6) is -0.0158. The standard InChI is InChI=1S/C54H62N4O2S2/c1-11-13-15-17-35-19-21-37(41-27-43(55(3)4)33-44(28-41)56(5)6)25-39(35)31-49-52(59)47-23-24-48-51(54(47)62-49)53(60)50(61-48)32-40-26-38(22-20-36(40)18-16-14-12-2)42-29-45(57(7)8)34-46(30-42)58(9)10/h19-34H,11-18H2,1-10H3/b49-31-,50-32-. The van der Waals surface area contributed by atoms with Crippen LogP contribution in [0, 0.1) is 0 Å². The number of hydrogen-bond donors (Lipinski definition) is 0. The molecule has 0 N–H and O–H groups in total. The number of thioether (sulfide) groups is 2. The SMILES string of the molecule is CCCCCc1ccc(-c2cc(N(C)C)cc(N(C)C)c2)cc1/C=C1\Sc2c(ccc3c2C(=O)/C(=C/c2cc(-c4cc(N(C)C)cc(N(C)C)c4)ccc2CCCCC)S3)C1=O. The van der Waals surface area contributed by atoms with E-state index < -0.39 is 0 Å². The molecule has 2 heterocycles. The first-order valence-corrected chi connectivity index (χ1v) is 23.7. The van der Waals surface area contributed by atoms with E-state index in [-0.39, 0.29) is 11.6 Å². The zero-order valence-electron chi connectivity index (χ0n) is 38.3. The van der Waals surface area contributed by atoms with E-state index in [0.717, 1.165) is 117 Å². The Labute approximate surface area is 379 Å². The molecule has 6 nitrogen and oxygen atoms in total. The van der Waals surface area contributed by atoms with Crippen molar-refractivity contribution in [1.29, 1.82) is 0 Å². The molecule has 0 spiro atoms. The number of rotatable bonds is 16. The minimum Gasteiger partial charge on any atom is -0.378 e. The van der Waals surface area contributed by atoms with Crippen molar-refractivity contribution in [3.8, 4) is 22.3 Å². The number of anilines is 4. The van der Waals surface area contributed by atoms with Crippen LogP contribution in [0.25, 0.3) is 34.4 Å². The molecule has 0 atom stereocenters. The summed E-state index contributed by atoms with van der Waals surface area (Å²) in [6.07, 6.45) is 12.9. The topological polar surface area (TPSA) is 47.1 Å². The average Bonchev–Trinajstić information content (AvgIpc) is 3.75. The summed E-state index contributed by atoms with van der Waals surface area (Å²) in [6, 6.07) is 30.7. The minimum atomic E-state index is -0.0135. The van der Waals surface area contributed by atoms with Gasteiger partial charge in [-0.05, 0) is 143 Å². The van der Waals surface area contributed by atoms with E-state index in [0.29, 0.717) is 20.9 Å². The van der Waals surface area contributed by atoms with Crippen LogP contribution >= 0.6 is 23.5 Å². The third-order valence-electron chi connectivity index (χ3n) is 12.0. The van der Waals surface area contributed by atoms with Crippen LogP contribution in [0.15, 0.2) is 105 Å². The van der Waals surface area contributed by atoms with Gasteiger partial charge in [-0.3, -0.25) is 9.59 Å². The molecule has 0 aromatic heterocycles. The van der Waals surface area contributed by atoms with E-state index in [1.54, 1.807) is 0 Å². The molecule has 2 aliphatic heterocycles. The minimum absolute atomic E-state index is 0.00228. The van der Waals surface area contributed by atoms with Gasteiger partial charge in [-0.2, -0.15) is 0 Å². The van der Waals surface area contributed by atoms with Crippen LogP contribution in [-0.4, -0.2) is 67.9 Å². The van der Waals surface area contributed by atoms with E-state index >= 15 is 0 Å². The number of fused-ring (bicyclic) bond motifs is 3. The number of hydrogen-bond acceptors (Lipinski definition) is 8. The summed E-state index contributed by atoms with van der Waals surface area (Å²) in [5, 5.41) is 0. The van der Waals surface area contributed by atoms with Gasteiger partial charge in [-0.15, -0.1) is 0 Å². The average molecular weight is 863 g/mol. The van der Waals surface area contributed by atoms with Crippen LogP contribution < -0.4 is 19.6 Å². The molecule has 0 unspecified atom stereocenters. The van der Waals surface area contributed by atoms with E-state index in [1.807, 2.05) is 12.1 Å². The molecule has 5 aromatic carbocycles. The van der Waals surface area contributed by atoms with Gasteiger partial charge in [0.25, 0.3) is 0 Å². The number of nitrogens with zero attached hydrogens (tertiary/aromatic N) is 4. The lowest BCUT2D eigenvalue weighted by Gasteiger charge is -2.20. The normalized spacial score (nSPS) is 14.5. The van der Waals surface area contributed by atoms with Gasteiger partial charge in [0, 0.05) is 94.5 Å². The number of carbonyl (C=O) groups excluding carboxylic acids is 2. The van der Waals surface area contributed by atoms with Crippen LogP contribution in [0.3, 0.4) is 0 Å². The predicted octanol–water partition coefficient (Wildman–Crippen LogP) is 13.4. The molecule has 0 saturated heterocycles. The first-order valence-electron chi connectivity index (χ1n) is 22.1. The molecule has 0 saturated carbocycles. The van der Waals surface area contributed by atoms with Gasteiger partial charge in [0.2, 0.25) is 11.6 Å². The highest BCUT2D eigenvalue weighted by Crippen LogP contribution is 2.51. The molecule has 0 amide bonds. The van der Waals surface area contributed by atoms with Gasteiger partial charge in [0.05, 0.1) is 15.4 Å². The Hall–Kier alpha value is -5.18. The number of ketones is 2. The highest BCUT2D eigenvalue weighted by Gasteiger charge is 2.37. The third-order valence-corrected chi connectivity index (χ3v) is 14.2. The Morgan fingerprint density at radius 2 is 0.903 bits per heavy atom. The van der Waals surface area contributed by atoms with Crippen LogP contribution in [0.4, 0.5) is 22.7 Å². The van der Waals surface area contributed by atoms with Gasteiger partial charge < -0.3 is 19.6 Å². The molecular weight excluding hydrogens is 801 g/mol. The van der Waals surface area contributed by atoms with Crippen molar-refractivity contribution in [3.63, 3.8) is 0 Å². The van der Waals surface area contributed by atoms with Crippen LogP contribution in [0.2, 0.25) is 0 Å². The first-order chi connectivity index (χ1) is 29.8. The molecule has 8 heteroatoms. The summed E-state index contributed by atoms with van der Waals surface area (Å²) < 4.78 is 0. The van der Waals surface area contributed by atoms with Crippen molar-refractivity contribution >= 4 is 70.0 Å². The molecular formula is C54H62N4O2S2. The Balaban J connectivity index is 1.25. The van der Waals surface area contributed by atoms with Gasteiger partial charge in [-0.1, -0.05) is 87.3 Å². The smallest absolute Gasteiger partial charge is 0.202 e. The third kappa shape index (κ3) is 9.72. The van der Waals surface area contributed by atoms with E-state index in [2.05, 4.69) is 175 Å². The van der Waals surface area contributed by atoms with Crippen LogP contribution in [0.1, 0.15) is 95.3 Å². The van der Waals surface area contributed by atoms with E-state index in [4.69, 9.17) is 0 Å². The van der Waals surface area contributed by atoms with Gasteiger partial charge in [-0.25, -0.2) is 0 Å². The number of aryl methyl sites for hydroxylation is 2. The molecule has 322 valence electrons. The maximum Gasteiger partial charge on any atom is 0.202 e. The first kappa shape index (κ1) is 44.9. The molecule has 5 aromatic rings. The van der Waals surface area contributed by atoms with Gasteiger partial charge >= 0.3 is 0 Å². The van der Waals surface area contributed by atoms with Crippen molar-refractivity contribution in [2.45, 2.75) is 75.0 Å². The zero-order chi connectivity index (χ0) is 44.2. The second kappa shape index (κ2) is 19.5. The van der Waals surface area contributed by atoms with Crippen molar-refractivity contribution in [3.05, 3.63) is 128 Å². The molecule has 2 aliphatic rings. The maximum atomic E-state index is 14.6. The second-order valence-corrected chi connectivity index (χ2v) is 19.6. The zero-order valence-corrected chi connectivity index (χ0v) is 39.9. The molecule has 62 heavy (non-hydrogen) atoms. The summed E-state index contributed by atoms with van der Waals surface area (Å²) in [5.41, 5.74) is 14.9. The monoisotopic (exact) mass is 862 g/mol. The van der Waals surface area contributed by atoms with Crippen LogP contribution in [-0.2, 0) is 12.8 Å². The Kier molecular flexibility index (Phi) is 14.1. The van der Waals surface area contributed by atoms with Crippen LogP contribution in [0.5, 0.6) is 0 Å². The lowest BCUT2D eigenvalue weighted by molar-refractivity contribution is 0.104. The lowest BCUT2D eigenvalue weighted by atomic mass is 9.94. The Morgan fingerprint density at radius 3 is 1.32 bits per heavy atom. The lowest BCUT2D eigenvalue weighted by Crippen LogP contribution is -2.12. The largest absolute Gasteiger partial charge is 0.378 e. The molecule has 0 bridgehead atoms. The maximum absolute atomic E-state index is 14.6. The van der Waals surface area contributed by atoms with Gasteiger partial charge in [0.1, 0.15) is 0 Å². The molecule has 0 aliphatic carbocycles. The Morgan fingerprint density at radius 1 is 0.468 bits per heavy atom. The number of allylic oxidation sites excluding steroid dienone is 2. The quantitative estimate of drug-likeness (QED) is 0.0718. The fourth-order valence-corrected chi connectivity index (χ4v) is 10.5. The van der Waals surface area contributed by atoms with E-state index in [9.17, 15) is 9.59 Å². The summed E-state index contributed by atoms with van der Waals surface area (Å²) in [7, 11) is 16.6. The highest BCUT2D eigenvalue weighted by atomic mass is 32.2. The van der Waals surface area contributed by atoms with Crippen molar-refractivity contribution < 1.29 is 9.59 Å². The number of unbranched alkanes of at least 4 members (excludes halogenated alkanes) is 4. The molecule has 0 radical (unpaired) electrons. The van der Waals surface area contributed by atoms with Crippen molar-refractivity contribution in [2.75, 3.05) is 76.0 Å². The highest BCUT2D eigenvalue weighted by molar-refractivity contribution is 8.06. The van der Waals surface area contributed by atoms with Crippen molar-refractivity contribution in [1.82, 2.24) is 0 Å². The Bertz CT molecular complexity index is 2510. The number of benzene rings is 5. The second-order valence-electron chi connectivity index (χ2n) is 17.5. The van der Waals surface area contributed by atoms with Gasteiger partial charge in [0.15, 0.2) is 0 Å². The molecule has 0 fully saturated rings. The fraction of sp³-hybridized carbons (Fsp3) is 0.333. The fourth-order valence-electron chi connectivity index (χ4n) is 8.16. The van der Waals surface area contributed by atoms with E-state index in [1.165, 1.54) is 34.7 Å². The molecule has 7 rings (SSSR count). The van der Waals surface area contributed by atoms with Crippen molar-refractivity contribution in [2.24, 2.45) is 0 Å². The summed E-state index contributed by atoms with van der Waals surface area (Å²) in [6.45, 7) is 4.46. The summed E-state index contributed by atoms with van der Waals surface area (Å²) >= 11 is 2.99. The predicted molar refractivity (Wildman–Crippen MR) is 270 cm³/mol. The number of carbonyl (C=O) groups is 2. The summed E-state index contributed by atoms with van der Waals surface area (Å²) in [4.78, 5) is 40.5. The number of Topliss-reactive ketones (excluding diaryl/α,β-unsaturated/α-hetero) is 2.